The summed E-state index contributed by atoms with van der Waals surface area (Å²) in [6.07, 6.45) is -0.0925. The highest BCUT2D eigenvalue weighted by atomic mass is 19.1. The minimum Gasteiger partial charge on any atom is -0.466 e. The molecule has 3 rings (SSSR count). The Kier molecular flexibility index (Phi) is 4.73. The van der Waals surface area contributed by atoms with Crippen LogP contribution in [0.25, 0.3) is 5.78 Å². The maximum Gasteiger partial charge on any atom is 0.311 e. The Bertz CT molecular complexity index is 949. The van der Waals surface area contributed by atoms with Gasteiger partial charge in [-0.05, 0) is 24.6 Å². The van der Waals surface area contributed by atoms with Crippen molar-refractivity contribution in [2.75, 3.05) is 11.9 Å². The second kappa shape index (κ2) is 7.12. The lowest BCUT2D eigenvalue weighted by molar-refractivity contribution is -0.142. The van der Waals surface area contributed by atoms with Gasteiger partial charge in [0.1, 0.15) is 5.82 Å². The van der Waals surface area contributed by atoms with Gasteiger partial charge in [-0.1, -0.05) is 12.1 Å². The number of aromatic nitrogens is 4. The molecule has 3 aromatic rings. The number of benzene rings is 1. The summed E-state index contributed by atoms with van der Waals surface area (Å²) in [5.41, 5.74) is 0.761. The van der Waals surface area contributed by atoms with E-state index >= 15 is 0 Å². The van der Waals surface area contributed by atoms with Crippen molar-refractivity contribution in [1.29, 1.82) is 0 Å². The van der Waals surface area contributed by atoms with E-state index in [0.29, 0.717) is 18.2 Å². The Morgan fingerprint density at radius 1 is 1.32 bits per heavy atom. The van der Waals surface area contributed by atoms with Gasteiger partial charge in [-0.3, -0.25) is 14.7 Å². The zero-order valence-electron chi connectivity index (χ0n) is 13.5. The van der Waals surface area contributed by atoms with Crippen LogP contribution in [0.2, 0.25) is 0 Å². The van der Waals surface area contributed by atoms with Crippen molar-refractivity contribution in [3.8, 4) is 0 Å². The molecule has 1 aromatic carbocycles. The third-order valence-electron chi connectivity index (χ3n) is 3.39. The van der Waals surface area contributed by atoms with E-state index in [2.05, 4.69) is 20.4 Å². The molecule has 0 radical (unpaired) electrons. The molecule has 8 nitrogen and oxygen atoms in total. The van der Waals surface area contributed by atoms with Crippen LogP contribution in [0.5, 0.6) is 0 Å². The number of nitrogens with one attached hydrogen (secondary N) is 2. The van der Waals surface area contributed by atoms with Gasteiger partial charge in [-0.2, -0.15) is 9.50 Å². The predicted octanol–water partition coefficient (Wildman–Crippen LogP) is 1.27. The molecule has 0 fully saturated rings. The maximum atomic E-state index is 12.9. The number of anilines is 1. The summed E-state index contributed by atoms with van der Waals surface area (Å²) in [6, 6.07) is 7.28. The van der Waals surface area contributed by atoms with Crippen molar-refractivity contribution in [3.05, 3.63) is 57.8 Å². The summed E-state index contributed by atoms with van der Waals surface area (Å²) in [6.45, 7) is 2.36. The number of hydrogen-bond acceptors (Lipinski definition) is 6. The van der Waals surface area contributed by atoms with Crippen LogP contribution in [0.3, 0.4) is 0 Å². The Balaban J connectivity index is 1.77. The average molecular weight is 345 g/mol. The first kappa shape index (κ1) is 16.6. The second-order valence-corrected chi connectivity index (χ2v) is 5.26. The number of carbonyl (C=O) groups excluding carboxylic acids is 1. The van der Waals surface area contributed by atoms with Crippen LogP contribution in [0.1, 0.15) is 18.2 Å². The summed E-state index contributed by atoms with van der Waals surface area (Å²) in [4.78, 5) is 32.0. The second-order valence-electron chi connectivity index (χ2n) is 5.26. The molecular formula is C16H16FN5O3. The molecule has 2 heterocycles. The molecule has 0 saturated heterocycles. The molecule has 25 heavy (non-hydrogen) atoms. The van der Waals surface area contributed by atoms with Crippen molar-refractivity contribution < 1.29 is 13.9 Å². The van der Waals surface area contributed by atoms with E-state index in [1.54, 1.807) is 19.1 Å². The number of ether oxygens (including phenoxy) is 1. The maximum absolute atomic E-state index is 12.9. The van der Waals surface area contributed by atoms with Gasteiger partial charge in [0.15, 0.2) is 0 Å². The van der Waals surface area contributed by atoms with E-state index in [4.69, 9.17) is 4.74 Å². The topological polar surface area (TPSA) is 101 Å². The summed E-state index contributed by atoms with van der Waals surface area (Å²) in [5.74, 6) is -0.281. The van der Waals surface area contributed by atoms with Crippen LogP contribution in [-0.2, 0) is 22.5 Å². The molecule has 0 aliphatic rings. The molecule has 0 amide bonds. The Labute approximate surface area is 141 Å². The molecule has 2 N–H and O–H groups in total. The van der Waals surface area contributed by atoms with Crippen molar-refractivity contribution in [2.24, 2.45) is 0 Å². The highest BCUT2D eigenvalue weighted by Crippen LogP contribution is 2.07. The van der Waals surface area contributed by atoms with Crippen molar-refractivity contribution in [2.45, 2.75) is 19.9 Å². The lowest BCUT2D eigenvalue weighted by atomic mass is 10.2. The minimum atomic E-state index is -0.455. The van der Waals surface area contributed by atoms with Crippen LogP contribution in [0, 0.1) is 5.82 Å². The molecule has 0 aliphatic carbocycles. The smallest absolute Gasteiger partial charge is 0.311 e. The number of nitrogens with zero attached hydrogens (tertiary/aromatic N) is 3. The molecule has 0 spiro atoms. The summed E-state index contributed by atoms with van der Waals surface area (Å²) in [7, 11) is 0. The average Bonchev–Trinajstić information content (AvgIpc) is 2.98. The van der Waals surface area contributed by atoms with Gasteiger partial charge in [-0.15, -0.1) is 0 Å². The predicted molar refractivity (Wildman–Crippen MR) is 87.7 cm³/mol. The highest BCUT2D eigenvalue weighted by molar-refractivity contribution is 5.72. The molecule has 0 bridgehead atoms. The lowest BCUT2D eigenvalue weighted by Crippen LogP contribution is -2.18. The first-order valence-corrected chi connectivity index (χ1v) is 7.68. The largest absolute Gasteiger partial charge is 0.466 e. The van der Waals surface area contributed by atoms with Crippen molar-refractivity contribution in [3.63, 3.8) is 0 Å². The molecule has 2 aromatic heterocycles. The molecule has 0 unspecified atom stereocenters. The molecule has 130 valence electrons. The van der Waals surface area contributed by atoms with E-state index in [1.807, 2.05) is 0 Å². The van der Waals surface area contributed by atoms with Gasteiger partial charge >= 0.3 is 5.97 Å². The van der Waals surface area contributed by atoms with Crippen LogP contribution >= 0.6 is 0 Å². The fourth-order valence-corrected chi connectivity index (χ4v) is 2.24. The highest BCUT2D eigenvalue weighted by Gasteiger charge is 2.11. The molecular weight excluding hydrogens is 329 g/mol. The zero-order chi connectivity index (χ0) is 17.8. The number of esters is 1. The standard InChI is InChI=1S/C16H16FN5O3/c1-2-25-14(24)8-12-7-13(23)22-16(19-12)20-15(21-22)18-9-10-3-5-11(17)6-4-10/h3-7H,2,8-9H2,1H3,(H2,18,19,20,21). The molecule has 0 aliphatic heterocycles. The Hall–Kier alpha value is -3.23. The van der Waals surface area contributed by atoms with Crippen LogP contribution in [-0.4, -0.2) is 32.2 Å². The third kappa shape index (κ3) is 4.00. The normalized spacial score (nSPS) is 10.8. The molecule has 9 heteroatoms. The van der Waals surface area contributed by atoms with Gasteiger partial charge in [0.25, 0.3) is 11.3 Å². The van der Waals surface area contributed by atoms with Gasteiger partial charge in [0.2, 0.25) is 5.95 Å². The first-order chi connectivity index (χ1) is 12.0. The number of carbonyl (C=O) groups is 1. The fraction of sp³-hybridized carbons (Fsp3) is 0.250. The van der Waals surface area contributed by atoms with E-state index in [9.17, 15) is 14.0 Å². The zero-order valence-corrected chi connectivity index (χ0v) is 13.5. The van der Waals surface area contributed by atoms with Crippen molar-refractivity contribution in [1.82, 2.24) is 19.6 Å². The van der Waals surface area contributed by atoms with E-state index in [0.717, 1.165) is 5.56 Å². The monoisotopic (exact) mass is 345 g/mol. The fourth-order valence-electron chi connectivity index (χ4n) is 2.24. The van der Waals surface area contributed by atoms with Crippen LogP contribution in [0.15, 0.2) is 35.1 Å². The van der Waals surface area contributed by atoms with E-state index in [-0.39, 0.29) is 30.2 Å². The molecule has 0 atom stereocenters. The van der Waals surface area contributed by atoms with Crippen LogP contribution in [0.4, 0.5) is 10.3 Å². The first-order valence-electron chi connectivity index (χ1n) is 7.68. The SMILES string of the molecule is CCOC(=O)Cc1cc(=O)n2[nH]c(NCc3ccc(F)cc3)nc2n1. The van der Waals surface area contributed by atoms with Crippen LogP contribution < -0.4 is 10.9 Å². The van der Waals surface area contributed by atoms with Gasteiger partial charge in [0.05, 0.1) is 18.7 Å². The number of halogens is 1. The third-order valence-corrected chi connectivity index (χ3v) is 3.39. The number of fused-ring (bicyclic) bond motifs is 1. The number of rotatable bonds is 6. The number of hydrogen-bond donors (Lipinski definition) is 2. The van der Waals surface area contributed by atoms with Gasteiger partial charge in [-0.25, -0.2) is 9.37 Å². The summed E-state index contributed by atoms with van der Waals surface area (Å²) < 4.78 is 18.9. The lowest BCUT2D eigenvalue weighted by Gasteiger charge is -2.02. The number of H-pyrrole nitrogens is 1. The van der Waals surface area contributed by atoms with Crippen molar-refractivity contribution >= 4 is 17.7 Å². The quantitative estimate of drug-likeness (QED) is 0.653. The number of aromatic amines is 1. The summed E-state index contributed by atoms with van der Waals surface area (Å²) >= 11 is 0. The Morgan fingerprint density at radius 3 is 2.80 bits per heavy atom. The van der Waals surface area contributed by atoms with E-state index in [1.165, 1.54) is 22.7 Å². The summed E-state index contributed by atoms with van der Waals surface area (Å²) in [5, 5.41) is 5.78. The Morgan fingerprint density at radius 2 is 2.08 bits per heavy atom. The minimum absolute atomic E-state index is 0.0925. The van der Waals surface area contributed by atoms with Gasteiger partial charge in [0, 0.05) is 12.6 Å². The molecule has 0 saturated carbocycles. The van der Waals surface area contributed by atoms with Gasteiger partial charge < -0.3 is 10.1 Å². The van der Waals surface area contributed by atoms with E-state index < -0.39 is 5.97 Å².